The van der Waals surface area contributed by atoms with Crippen molar-refractivity contribution in [1.29, 1.82) is 0 Å². The Balaban J connectivity index is 1.78. The fourth-order valence-electron chi connectivity index (χ4n) is 4.61. The topological polar surface area (TPSA) is 118 Å². The van der Waals surface area contributed by atoms with Gasteiger partial charge in [0.15, 0.2) is 0 Å². The van der Waals surface area contributed by atoms with Gasteiger partial charge in [-0.05, 0) is 23.3 Å². The molecule has 1 saturated heterocycles. The molecular formula is C25H22F3N7O2S. The van der Waals surface area contributed by atoms with Crippen molar-refractivity contribution >= 4 is 21.7 Å². The zero-order valence-electron chi connectivity index (χ0n) is 19.9. The summed E-state index contributed by atoms with van der Waals surface area (Å²) in [6, 6.07) is 11.2. The Morgan fingerprint density at radius 2 is 1.45 bits per heavy atom. The highest BCUT2D eigenvalue weighted by atomic mass is 32.2. The van der Waals surface area contributed by atoms with Crippen LogP contribution in [0.15, 0.2) is 78.5 Å². The van der Waals surface area contributed by atoms with E-state index in [1.54, 1.807) is 53.7 Å². The van der Waals surface area contributed by atoms with Crippen LogP contribution in [0.25, 0.3) is 22.3 Å². The molecule has 0 atom stereocenters. The number of alkyl halides is 3. The highest BCUT2D eigenvalue weighted by molar-refractivity contribution is 7.89. The van der Waals surface area contributed by atoms with E-state index in [9.17, 15) is 21.6 Å². The number of hydrogen-bond acceptors (Lipinski definition) is 8. The quantitative estimate of drug-likeness (QED) is 0.407. The average molecular weight is 542 g/mol. The van der Waals surface area contributed by atoms with Crippen molar-refractivity contribution in [2.45, 2.75) is 11.1 Å². The fourth-order valence-corrected chi connectivity index (χ4v) is 5.39. The number of sulfonamides is 1. The van der Waals surface area contributed by atoms with Gasteiger partial charge in [0.05, 0.1) is 16.1 Å². The van der Waals surface area contributed by atoms with Crippen molar-refractivity contribution in [3.63, 3.8) is 0 Å². The molecule has 0 saturated carbocycles. The molecule has 2 aromatic heterocycles. The van der Waals surface area contributed by atoms with Crippen LogP contribution in [0.2, 0.25) is 0 Å². The molecule has 0 unspecified atom stereocenters. The Morgan fingerprint density at radius 3 is 2.03 bits per heavy atom. The monoisotopic (exact) mass is 541 g/mol. The maximum absolute atomic E-state index is 14.8. The third kappa shape index (κ3) is 5.02. The van der Waals surface area contributed by atoms with Gasteiger partial charge in [-0.1, -0.05) is 30.3 Å². The van der Waals surface area contributed by atoms with Gasteiger partial charge in [0.25, 0.3) is 0 Å². The standard InChI is InChI=1S/C25H22F3N7O2S/c26-25(27,28)22-20(38(29,36)37)13-19(18-14-30-16-31-15-18)21(17-5-2-1-3-6-17)23(22)34-9-11-35(12-10-34)24-32-7-4-8-33-24/h1-8,13-16H,9-12H2,(H2,29,36,37). The number of nitrogens with zero attached hydrogens (tertiary/aromatic N) is 6. The molecular weight excluding hydrogens is 519 g/mol. The molecule has 1 fully saturated rings. The zero-order valence-corrected chi connectivity index (χ0v) is 20.7. The number of benzene rings is 2. The number of halogens is 3. The largest absolute Gasteiger partial charge is 0.419 e. The third-order valence-corrected chi connectivity index (χ3v) is 7.15. The molecule has 0 radical (unpaired) electrons. The van der Waals surface area contributed by atoms with E-state index < -0.39 is 26.7 Å². The summed E-state index contributed by atoms with van der Waals surface area (Å²) < 4.78 is 69.5. The van der Waals surface area contributed by atoms with Gasteiger partial charge in [-0.15, -0.1) is 0 Å². The minimum atomic E-state index is -5.02. The van der Waals surface area contributed by atoms with E-state index in [1.165, 1.54) is 18.7 Å². The van der Waals surface area contributed by atoms with E-state index in [-0.39, 0.29) is 29.9 Å². The lowest BCUT2D eigenvalue weighted by atomic mass is 9.90. The number of hydrogen-bond donors (Lipinski definition) is 1. The second-order valence-electron chi connectivity index (χ2n) is 8.58. The lowest BCUT2D eigenvalue weighted by Crippen LogP contribution is -2.48. The SMILES string of the molecule is NS(=O)(=O)c1cc(-c2cncnc2)c(-c2ccccc2)c(N2CCN(c3ncccn3)CC2)c1C(F)(F)F. The first kappa shape index (κ1) is 25.5. The van der Waals surface area contributed by atoms with Gasteiger partial charge in [0.1, 0.15) is 6.33 Å². The molecule has 4 aromatic rings. The molecule has 0 aliphatic carbocycles. The minimum absolute atomic E-state index is 0.153. The molecule has 5 rings (SSSR count). The predicted octanol–water partition coefficient (Wildman–Crippen LogP) is 3.59. The number of primary sulfonamides is 1. The molecule has 0 spiro atoms. The molecule has 38 heavy (non-hydrogen) atoms. The Kier molecular flexibility index (Phi) is 6.71. The van der Waals surface area contributed by atoms with Gasteiger partial charge in [0.2, 0.25) is 16.0 Å². The summed E-state index contributed by atoms with van der Waals surface area (Å²) in [5, 5.41) is 5.38. The van der Waals surface area contributed by atoms with E-state index in [4.69, 9.17) is 5.14 Å². The van der Waals surface area contributed by atoms with E-state index in [0.29, 0.717) is 30.2 Å². The van der Waals surface area contributed by atoms with E-state index >= 15 is 0 Å². The molecule has 0 amide bonds. The van der Waals surface area contributed by atoms with Gasteiger partial charge in [-0.2, -0.15) is 13.2 Å². The Morgan fingerprint density at radius 1 is 0.842 bits per heavy atom. The summed E-state index contributed by atoms with van der Waals surface area (Å²) in [7, 11) is -4.78. The van der Waals surface area contributed by atoms with Crippen molar-refractivity contribution in [1.82, 2.24) is 19.9 Å². The van der Waals surface area contributed by atoms with Crippen LogP contribution >= 0.6 is 0 Å². The summed E-state index contributed by atoms with van der Waals surface area (Å²) >= 11 is 0. The number of aromatic nitrogens is 4. The smallest absolute Gasteiger partial charge is 0.367 e. The second-order valence-corrected chi connectivity index (χ2v) is 10.1. The Labute approximate surface area is 216 Å². The first-order valence-corrected chi connectivity index (χ1v) is 13.1. The van der Waals surface area contributed by atoms with Crippen molar-refractivity contribution in [2.24, 2.45) is 5.14 Å². The molecule has 196 valence electrons. The summed E-state index contributed by atoms with van der Waals surface area (Å²) in [5.74, 6) is 0.465. The first-order valence-electron chi connectivity index (χ1n) is 11.5. The number of piperazine rings is 1. The van der Waals surface area contributed by atoms with E-state index in [0.717, 1.165) is 6.07 Å². The summed E-state index contributed by atoms with van der Waals surface area (Å²) in [4.78, 5) is 18.9. The zero-order chi connectivity index (χ0) is 26.9. The van der Waals surface area contributed by atoms with Gasteiger partial charge in [0, 0.05) is 62.1 Å². The highest BCUT2D eigenvalue weighted by Crippen LogP contribution is 2.50. The van der Waals surface area contributed by atoms with Crippen LogP contribution in [0.5, 0.6) is 0 Å². The maximum Gasteiger partial charge on any atom is 0.419 e. The maximum atomic E-state index is 14.8. The van der Waals surface area contributed by atoms with Gasteiger partial charge < -0.3 is 9.80 Å². The second kappa shape index (κ2) is 9.99. The lowest BCUT2D eigenvalue weighted by Gasteiger charge is -2.39. The van der Waals surface area contributed by atoms with E-state index in [2.05, 4.69) is 19.9 Å². The van der Waals surface area contributed by atoms with Crippen molar-refractivity contribution in [3.8, 4) is 22.3 Å². The number of rotatable bonds is 5. The van der Waals surface area contributed by atoms with Crippen LogP contribution in [0, 0.1) is 0 Å². The molecule has 1 aliphatic heterocycles. The third-order valence-electron chi connectivity index (χ3n) is 6.22. The van der Waals surface area contributed by atoms with Crippen LogP contribution in [0.4, 0.5) is 24.8 Å². The van der Waals surface area contributed by atoms with Crippen LogP contribution in [0.1, 0.15) is 5.56 Å². The summed E-state index contributed by atoms with van der Waals surface area (Å²) in [6.07, 6.45) is 2.28. The molecule has 0 bridgehead atoms. The molecule has 1 aliphatic rings. The molecule has 3 heterocycles. The average Bonchev–Trinajstić information content (AvgIpc) is 2.92. The van der Waals surface area contributed by atoms with Crippen molar-refractivity contribution in [2.75, 3.05) is 36.0 Å². The minimum Gasteiger partial charge on any atom is -0.367 e. The van der Waals surface area contributed by atoms with Crippen LogP contribution in [0.3, 0.4) is 0 Å². The molecule has 9 nitrogen and oxygen atoms in total. The van der Waals surface area contributed by atoms with Crippen LogP contribution < -0.4 is 14.9 Å². The predicted molar refractivity (Wildman–Crippen MR) is 136 cm³/mol. The molecule has 2 aromatic carbocycles. The van der Waals surface area contributed by atoms with Gasteiger partial charge in [-0.3, -0.25) is 0 Å². The number of nitrogens with two attached hydrogens (primary N) is 1. The van der Waals surface area contributed by atoms with Gasteiger partial charge >= 0.3 is 6.18 Å². The molecule has 2 N–H and O–H groups in total. The first-order chi connectivity index (χ1) is 18.1. The Hall–Kier alpha value is -4.10. The van der Waals surface area contributed by atoms with Crippen LogP contribution in [-0.2, 0) is 16.2 Å². The van der Waals surface area contributed by atoms with Gasteiger partial charge in [-0.25, -0.2) is 33.5 Å². The van der Waals surface area contributed by atoms with Crippen molar-refractivity contribution in [3.05, 3.63) is 79.1 Å². The highest BCUT2D eigenvalue weighted by Gasteiger charge is 2.43. The fraction of sp³-hybridized carbons (Fsp3) is 0.200. The Bertz CT molecular complexity index is 1530. The van der Waals surface area contributed by atoms with Crippen molar-refractivity contribution < 1.29 is 21.6 Å². The van der Waals surface area contributed by atoms with E-state index in [1.807, 2.05) is 4.90 Å². The van der Waals surface area contributed by atoms with Crippen LogP contribution in [-0.4, -0.2) is 54.5 Å². The lowest BCUT2D eigenvalue weighted by molar-refractivity contribution is -0.139. The summed E-state index contributed by atoms with van der Waals surface area (Å²) in [5.41, 5.74) is -0.307. The summed E-state index contributed by atoms with van der Waals surface area (Å²) in [6.45, 7) is 0.942. The normalized spacial score (nSPS) is 14.5. The number of anilines is 2. The molecule has 13 heteroatoms.